The van der Waals surface area contributed by atoms with Crippen LogP contribution in [0.3, 0.4) is 0 Å². The highest BCUT2D eigenvalue weighted by Crippen LogP contribution is 2.61. The maximum absolute atomic E-state index is 7.42. The fourth-order valence-electron chi connectivity index (χ4n) is 9.62. The summed E-state index contributed by atoms with van der Waals surface area (Å²) in [6.07, 6.45) is 8.58. The molecular weight excluding hydrogens is 631 g/mol. The van der Waals surface area contributed by atoms with Crippen LogP contribution in [0.1, 0.15) is 44.1 Å². The molecule has 5 aliphatic rings. The Balaban J connectivity index is 1.02. The fourth-order valence-corrected chi connectivity index (χ4v) is 10.7. The molecule has 1 aromatic heterocycles. The van der Waals surface area contributed by atoms with Crippen molar-refractivity contribution in [3.05, 3.63) is 138 Å². The molecule has 0 atom stereocenters. The smallest absolute Gasteiger partial charge is 0.238 e. The second-order valence-electron chi connectivity index (χ2n) is 14.7. The number of nitrogens with zero attached hydrogens (tertiary/aromatic N) is 5. The summed E-state index contributed by atoms with van der Waals surface area (Å²) >= 11 is 1.76. The Morgan fingerprint density at radius 3 is 1.54 bits per heavy atom. The van der Waals surface area contributed by atoms with Crippen LogP contribution in [-0.2, 0) is 5.41 Å². The lowest BCUT2D eigenvalue weighted by Gasteiger charge is -2.57. The molecule has 0 radical (unpaired) electrons. The number of aromatic nitrogens is 3. The lowest BCUT2D eigenvalue weighted by molar-refractivity contribution is -0.00518. The van der Waals surface area contributed by atoms with Gasteiger partial charge in [0.15, 0.2) is 17.3 Å². The Hall–Kier alpha value is -5.25. The molecule has 0 unspecified atom stereocenters. The zero-order valence-corrected chi connectivity index (χ0v) is 28.5. The van der Waals surface area contributed by atoms with Gasteiger partial charge in [-0.3, -0.25) is 4.90 Å². The summed E-state index contributed by atoms with van der Waals surface area (Å²) in [4.78, 5) is 23.2. The standard InChI is InChI=1S/C44H35N5S/c1-45-36-20-16-34(17-21-36)42-46-41(47-43(48-42)49-37-6-2-4-8-39(37)50-40-9-5-3-7-38(40)49)33-12-10-31(11-13-33)32-14-18-35(19-15-32)44-25-28-22-29(26-44)24-30(23-28)27-44/h2-21,28-30H,22-27H2. The molecule has 4 bridgehead atoms. The van der Waals surface area contributed by atoms with E-state index in [1.807, 2.05) is 24.3 Å². The Morgan fingerprint density at radius 1 is 0.560 bits per heavy atom. The number of hydrogen-bond acceptors (Lipinski definition) is 5. The number of para-hydroxylation sites is 2. The van der Waals surface area contributed by atoms with Gasteiger partial charge in [0, 0.05) is 20.9 Å². The minimum Gasteiger partial charge on any atom is -0.277 e. The van der Waals surface area contributed by atoms with Crippen LogP contribution in [0.5, 0.6) is 0 Å². The molecule has 1 aliphatic heterocycles. The highest BCUT2D eigenvalue weighted by atomic mass is 32.2. The maximum Gasteiger partial charge on any atom is 0.238 e. The van der Waals surface area contributed by atoms with Crippen LogP contribution >= 0.6 is 11.8 Å². The molecule has 2 heterocycles. The first-order valence-corrected chi connectivity index (χ1v) is 18.5. The zero-order valence-electron chi connectivity index (χ0n) is 27.7. The Labute approximate surface area is 297 Å². The van der Waals surface area contributed by atoms with E-state index in [0.717, 1.165) is 50.0 Å². The minimum atomic E-state index is 0.412. The van der Waals surface area contributed by atoms with Crippen molar-refractivity contribution in [3.8, 4) is 33.9 Å². The number of anilines is 3. The van der Waals surface area contributed by atoms with Gasteiger partial charge in [-0.15, -0.1) is 0 Å². The highest BCUT2D eigenvalue weighted by Gasteiger charge is 2.51. The molecule has 0 N–H and O–H groups in total. The number of benzene rings is 5. The molecule has 4 fully saturated rings. The van der Waals surface area contributed by atoms with Gasteiger partial charge in [0.05, 0.1) is 17.9 Å². The van der Waals surface area contributed by atoms with Gasteiger partial charge in [0.25, 0.3) is 0 Å². The van der Waals surface area contributed by atoms with E-state index in [1.54, 1.807) is 17.3 Å². The van der Waals surface area contributed by atoms with Crippen molar-refractivity contribution in [2.24, 2.45) is 17.8 Å². The summed E-state index contributed by atoms with van der Waals surface area (Å²) in [5.41, 5.74) is 8.82. The van der Waals surface area contributed by atoms with Crippen LogP contribution in [0.4, 0.5) is 23.0 Å². The van der Waals surface area contributed by atoms with Gasteiger partial charge in [0.2, 0.25) is 5.95 Å². The molecule has 242 valence electrons. The number of rotatable bonds is 5. The third kappa shape index (κ3) is 5.03. The van der Waals surface area contributed by atoms with E-state index in [0.29, 0.717) is 28.7 Å². The summed E-state index contributed by atoms with van der Waals surface area (Å²) in [7, 11) is 0. The Bertz CT molecular complexity index is 2210. The summed E-state index contributed by atoms with van der Waals surface area (Å²) in [5.74, 6) is 4.57. The van der Waals surface area contributed by atoms with Crippen LogP contribution in [0.25, 0.3) is 38.7 Å². The third-order valence-electron chi connectivity index (χ3n) is 11.5. The molecule has 5 aromatic carbocycles. The molecule has 50 heavy (non-hydrogen) atoms. The third-order valence-corrected chi connectivity index (χ3v) is 12.7. The van der Waals surface area contributed by atoms with Gasteiger partial charge in [-0.1, -0.05) is 109 Å². The lowest BCUT2D eigenvalue weighted by Crippen LogP contribution is -2.48. The summed E-state index contributed by atoms with van der Waals surface area (Å²) in [5, 5.41) is 0. The topological polar surface area (TPSA) is 46.3 Å². The average Bonchev–Trinajstić information content (AvgIpc) is 3.16. The molecule has 11 rings (SSSR count). The van der Waals surface area contributed by atoms with E-state index in [9.17, 15) is 0 Å². The van der Waals surface area contributed by atoms with Gasteiger partial charge in [-0.2, -0.15) is 9.97 Å². The second kappa shape index (κ2) is 11.7. The van der Waals surface area contributed by atoms with E-state index in [2.05, 4.69) is 107 Å². The molecule has 6 heteroatoms. The van der Waals surface area contributed by atoms with Crippen LogP contribution in [0.15, 0.2) is 131 Å². The predicted octanol–water partition coefficient (Wildman–Crippen LogP) is 11.8. The summed E-state index contributed by atoms with van der Waals surface area (Å²) in [6.45, 7) is 7.42. The summed E-state index contributed by atoms with van der Waals surface area (Å²) < 4.78 is 0. The van der Waals surface area contributed by atoms with Crippen molar-refractivity contribution < 1.29 is 0 Å². The normalized spacial score (nSPS) is 22.9. The maximum atomic E-state index is 7.42. The van der Waals surface area contributed by atoms with Crippen molar-refractivity contribution in [1.29, 1.82) is 0 Å². The van der Waals surface area contributed by atoms with Crippen LogP contribution in [0.2, 0.25) is 0 Å². The minimum absolute atomic E-state index is 0.412. The predicted molar refractivity (Wildman–Crippen MR) is 201 cm³/mol. The number of fused-ring (bicyclic) bond motifs is 2. The van der Waals surface area contributed by atoms with Crippen molar-refractivity contribution in [1.82, 2.24) is 15.0 Å². The fraction of sp³-hybridized carbons (Fsp3) is 0.227. The van der Waals surface area contributed by atoms with Gasteiger partial charge in [-0.05, 0) is 103 Å². The van der Waals surface area contributed by atoms with E-state index >= 15 is 0 Å². The van der Waals surface area contributed by atoms with Crippen molar-refractivity contribution in [2.75, 3.05) is 4.90 Å². The van der Waals surface area contributed by atoms with Crippen LogP contribution in [-0.4, -0.2) is 15.0 Å². The van der Waals surface area contributed by atoms with E-state index in [-0.39, 0.29) is 0 Å². The Morgan fingerprint density at radius 2 is 1.02 bits per heavy atom. The van der Waals surface area contributed by atoms with Crippen molar-refractivity contribution in [3.63, 3.8) is 0 Å². The van der Waals surface area contributed by atoms with Crippen molar-refractivity contribution >= 4 is 34.8 Å². The Kier molecular flexibility index (Phi) is 6.92. The molecule has 4 saturated carbocycles. The zero-order chi connectivity index (χ0) is 33.2. The largest absolute Gasteiger partial charge is 0.277 e. The average molecular weight is 666 g/mol. The van der Waals surface area contributed by atoms with Gasteiger partial charge < -0.3 is 0 Å². The lowest BCUT2D eigenvalue weighted by atomic mass is 9.48. The van der Waals surface area contributed by atoms with E-state index in [4.69, 9.17) is 21.5 Å². The summed E-state index contributed by atoms with van der Waals surface area (Å²) in [6, 6.07) is 42.4. The van der Waals surface area contributed by atoms with Gasteiger partial charge >= 0.3 is 0 Å². The van der Waals surface area contributed by atoms with E-state index < -0.39 is 0 Å². The van der Waals surface area contributed by atoms with Gasteiger partial charge in [0.1, 0.15) is 0 Å². The van der Waals surface area contributed by atoms with E-state index in [1.165, 1.54) is 49.7 Å². The van der Waals surface area contributed by atoms with Gasteiger partial charge in [-0.25, -0.2) is 9.83 Å². The molecule has 0 saturated heterocycles. The molecule has 4 aliphatic carbocycles. The second-order valence-corrected chi connectivity index (χ2v) is 15.8. The highest BCUT2D eigenvalue weighted by molar-refractivity contribution is 7.99. The first-order valence-electron chi connectivity index (χ1n) is 17.7. The molecule has 0 spiro atoms. The first-order chi connectivity index (χ1) is 24.6. The molecule has 6 aromatic rings. The number of hydrogen-bond donors (Lipinski definition) is 0. The molecule has 0 amide bonds. The van der Waals surface area contributed by atoms with Crippen LogP contribution < -0.4 is 4.90 Å². The SMILES string of the molecule is [C-]#[N+]c1ccc(-c2nc(-c3ccc(-c4ccc(C56CC7CC(CC(C7)C5)C6)cc4)cc3)nc(N3c4ccccc4Sc4ccccc43)n2)cc1. The monoisotopic (exact) mass is 665 g/mol. The first kappa shape index (κ1) is 29.6. The quantitative estimate of drug-likeness (QED) is 0.171. The molecular formula is C44H35N5S. The van der Waals surface area contributed by atoms with Crippen molar-refractivity contribution in [2.45, 2.75) is 53.7 Å². The molecule has 5 nitrogen and oxygen atoms in total. The van der Waals surface area contributed by atoms with Crippen LogP contribution in [0, 0.1) is 24.3 Å².